The second-order valence-corrected chi connectivity index (χ2v) is 15.9. The fraction of sp³-hybridized carbons (Fsp3) is 0.0909. The van der Waals surface area contributed by atoms with Gasteiger partial charge in [-0.05, 0) is 77.4 Å². The van der Waals surface area contributed by atoms with Gasteiger partial charge in [-0.3, -0.25) is 0 Å². The Bertz CT molecular complexity index is 3250. The maximum absolute atomic E-state index is 7.13. The van der Waals surface area contributed by atoms with Crippen LogP contribution in [-0.2, 0) is 0 Å². The summed E-state index contributed by atoms with van der Waals surface area (Å²) in [6.45, 7) is 4.42. The minimum Gasteiger partial charge on any atom is -0.455 e. The first-order chi connectivity index (χ1) is 29.0. The van der Waals surface area contributed by atoms with E-state index in [4.69, 9.17) is 10.2 Å². The molecule has 284 valence electrons. The summed E-state index contributed by atoms with van der Waals surface area (Å²) >= 11 is 0. The van der Waals surface area contributed by atoms with Crippen molar-refractivity contribution < 1.29 is 4.42 Å². The molecule has 0 radical (unpaired) electrons. The predicted octanol–water partition coefficient (Wildman–Crippen LogP) is 14.2. The molecular weight excluding hydrogens is 719 g/mol. The van der Waals surface area contributed by atoms with E-state index in [-0.39, 0.29) is 12.1 Å². The molecule has 11 rings (SSSR count). The number of fused-ring (bicyclic) bond motifs is 6. The number of furan rings is 1. The zero-order chi connectivity index (χ0) is 39.6. The molecule has 0 saturated carbocycles. The number of benzene rings is 8. The van der Waals surface area contributed by atoms with E-state index in [9.17, 15) is 0 Å². The topological polar surface area (TPSA) is 56.1 Å². The van der Waals surface area contributed by atoms with Gasteiger partial charge in [0.25, 0.3) is 0 Å². The van der Waals surface area contributed by atoms with Crippen LogP contribution in [0.15, 0.2) is 192 Å². The van der Waals surface area contributed by atoms with Gasteiger partial charge in [-0.2, -0.15) is 0 Å². The molecule has 2 aromatic heterocycles. The Labute approximate surface area is 343 Å². The van der Waals surface area contributed by atoms with Crippen molar-refractivity contribution in [3.05, 3.63) is 204 Å². The second kappa shape index (κ2) is 14.1. The fourth-order valence-corrected chi connectivity index (χ4v) is 9.64. The van der Waals surface area contributed by atoms with E-state index in [1.54, 1.807) is 0 Å². The molecule has 10 aromatic rings. The van der Waals surface area contributed by atoms with Crippen LogP contribution in [0.1, 0.15) is 49.0 Å². The van der Waals surface area contributed by atoms with Crippen molar-refractivity contribution in [3.8, 4) is 39.3 Å². The summed E-state index contributed by atoms with van der Waals surface area (Å²) in [7, 11) is 0. The number of hydrogen-bond donors (Lipinski definition) is 2. The summed E-state index contributed by atoms with van der Waals surface area (Å²) in [4.78, 5) is 0. The Hall–Kier alpha value is -7.14. The quantitative estimate of drug-likeness (QED) is 0.154. The van der Waals surface area contributed by atoms with Gasteiger partial charge in [-0.1, -0.05) is 164 Å². The first kappa shape index (κ1) is 35.1. The molecule has 0 spiro atoms. The smallest absolute Gasteiger partial charge is 0.144 e. The zero-order valence-corrected chi connectivity index (χ0v) is 33.1. The minimum atomic E-state index is -0.0146. The van der Waals surface area contributed by atoms with Crippen molar-refractivity contribution in [2.45, 2.75) is 32.4 Å². The lowest BCUT2D eigenvalue weighted by molar-refractivity contribution is 0.463. The first-order valence-corrected chi connectivity index (χ1v) is 20.6. The highest BCUT2D eigenvalue weighted by molar-refractivity contribution is 6.38. The molecular formula is C55H43N3O. The molecule has 0 saturated heterocycles. The third-order valence-electron chi connectivity index (χ3n) is 12.4. The van der Waals surface area contributed by atoms with Crippen LogP contribution in [0.3, 0.4) is 0 Å². The molecule has 3 N–H and O–H groups in total. The number of aromatic nitrogens is 1. The summed E-state index contributed by atoms with van der Waals surface area (Å²) < 4.78 is 9.63. The molecule has 59 heavy (non-hydrogen) atoms. The molecule has 0 amide bonds. The number of nitrogens with two attached hydrogens (primary N) is 1. The van der Waals surface area contributed by atoms with E-state index in [1.165, 1.54) is 55.0 Å². The van der Waals surface area contributed by atoms with E-state index >= 15 is 0 Å². The lowest BCUT2D eigenvalue weighted by Gasteiger charge is -2.26. The molecule has 2 heterocycles. The van der Waals surface area contributed by atoms with Crippen molar-refractivity contribution in [2.24, 2.45) is 5.73 Å². The maximum Gasteiger partial charge on any atom is 0.144 e. The Balaban J connectivity index is 1.18. The molecule has 0 fully saturated rings. The molecule has 0 aliphatic heterocycles. The van der Waals surface area contributed by atoms with Crippen LogP contribution in [-0.4, -0.2) is 4.57 Å². The molecule has 0 bridgehead atoms. The van der Waals surface area contributed by atoms with Gasteiger partial charge in [0, 0.05) is 61.5 Å². The zero-order valence-electron chi connectivity index (χ0n) is 33.1. The molecule has 2 unspecified atom stereocenters. The van der Waals surface area contributed by atoms with Crippen LogP contribution in [0.5, 0.6) is 0 Å². The van der Waals surface area contributed by atoms with E-state index in [0.29, 0.717) is 0 Å². The van der Waals surface area contributed by atoms with Crippen LogP contribution >= 0.6 is 0 Å². The summed E-state index contributed by atoms with van der Waals surface area (Å²) in [6, 6.07) is 65.2. The number of nitrogens with zero attached hydrogens (tertiary/aromatic N) is 1. The SMILES string of the molecule is C/C(CC(NC(C)c1ccccc1)c1cccc(-n2c3cccc4c3c3c5c(c(-c6ccccc6)oc5c5ccccc5c32)-c2ccccc2-4)c1)=C(/N)c1ccccc1. The number of rotatable bonds is 9. The summed E-state index contributed by atoms with van der Waals surface area (Å²) in [6.07, 6.45) is 0.750. The van der Waals surface area contributed by atoms with Gasteiger partial charge < -0.3 is 20.0 Å². The van der Waals surface area contributed by atoms with Crippen molar-refractivity contribution >= 4 is 49.2 Å². The maximum atomic E-state index is 7.13. The van der Waals surface area contributed by atoms with Crippen LogP contribution < -0.4 is 11.1 Å². The van der Waals surface area contributed by atoms with Crippen LogP contribution in [0.2, 0.25) is 0 Å². The van der Waals surface area contributed by atoms with Crippen molar-refractivity contribution in [3.63, 3.8) is 0 Å². The molecule has 1 aliphatic rings. The summed E-state index contributed by atoms with van der Waals surface area (Å²) in [5.41, 5.74) is 22.6. The van der Waals surface area contributed by atoms with E-state index < -0.39 is 0 Å². The van der Waals surface area contributed by atoms with Gasteiger partial charge in [-0.25, -0.2) is 0 Å². The Morgan fingerprint density at radius 3 is 2.02 bits per heavy atom. The normalized spacial score (nSPS) is 13.6. The molecule has 2 atom stereocenters. The van der Waals surface area contributed by atoms with E-state index in [0.717, 1.165) is 62.2 Å². The van der Waals surface area contributed by atoms with Gasteiger partial charge in [0.2, 0.25) is 0 Å². The van der Waals surface area contributed by atoms with Crippen LogP contribution in [0.4, 0.5) is 0 Å². The molecule has 1 aliphatic carbocycles. The highest BCUT2D eigenvalue weighted by Gasteiger charge is 2.31. The monoisotopic (exact) mass is 761 g/mol. The van der Waals surface area contributed by atoms with Gasteiger partial charge in [0.1, 0.15) is 11.3 Å². The summed E-state index contributed by atoms with van der Waals surface area (Å²) in [5.74, 6) is 0.904. The molecule has 4 nitrogen and oxygen atoms in total. The van der Waals surface area contributed by atoms with Gasteiger partial charge >= 0.3 is 0 Å². The standard InChI is InChI=1S/C55H43N3O/c1-34(52(56)37-20-8-4-9-21-37)32-46(57-35(2)36-18-6-3-7-19-36)39-24-16-25-40(33-39)58-47-31-17-30-42-41-26-12-13-27-43(41)49-51-50(48(42)47)53(58)44-28-14-15-29-45(44)55(51)59-54(49)38-22-10-5-11-23-38/h3-31,33,35,46,57H,32,56H2,1-2H3/b52-34-. The summed E-state index contributed by atoms with van der Waals surface area (Å²) in [5, 5.41) is 9.95. The highest BCUT2D eigenvalue weighted by atomic mass is 16.3. The Morgan fingerprint density at radius 1 is 0.610 bits per heavy atom. The Morgan fingerprint density at radius 2 is 1.24 bits per heavy atom. The predicted molar refractivity (Wildman–Crippen MR) is 246 cm³/mol. The van der Waals surface area contributed by atoms with Gasteiger partial charge in [-0.15, -0.1) is 0 Å². The molecule has 4 heteroatoms. The number of hydrogen-bond acceptors (Lipinski definition) is 3. The fourth-order valence-electron chi connectivity index (χ4n) is 9.64. The van der Waals surface area contributed by atoms with Crippen molar-refractivity contribution in [1.82, 2.24) is 9.88 Å². The lowest BCUT2D eigenvalue weighted by Crippen LogP contribution is -2.25. The van der Waals surface area contributed by atoms with E-state index in [2.05, 4.69) is 188 Å². The van der Waals surface area contributed by atoms with Gasteiger partial charge in [0.15, 0.2) is 0 Å². The largest absolute Gasteiger partial charge is 0.455 e. The van der Waals surface area contributed by atoms with Crippen LogP contribution in [0, 0.1) is 0 Å². The average Bonchev–Trinajstić information content (AvgIpc) is 3.83. The third-order valence-corrected chi connectivity index (χ3v) is 12.4. The first-order valence-electron chi connectivity index (χ1n) is 20.6. The third kappa shape index (κ3) is 5.63. The average molecular weight is 762 g/mol. The minimum absolute atomic E-state index is 0.0146. The Kier molecular flexibility index (Phi) is 8.35. The van der Waals surface area contributed by atoms with Crippen LogP contribution in [0.25, 0.3) is 88.5 Å². The van der Waals surface area contributed by atoms with Crippen molar-refractivity contribution in [2.75, 3.05) is 0 Å². The van der Waals surface area contributed by atoms with Crippen molar-refractivity contribution in [1.29, 1.82) is 0 Å². The number of nitrogens with one attached hydrogen (secondary N) is 1. The lowest BCUT2D eigenvalue weighted by atomic mass is 9.92. The second-order valence-electron chi connectivity index (χ2n) is 15.9. The highest BCUT2D eigenvalue weighted by Crippen LogP contribution is 2.55. The van der Waals surface area contributed by atoms with E-state index in [1.807, 2.05) is 18.2 Å². The molecule has 8 aromatic carbocycles. The van der Waals surface area contributed by atoms with Gasteiger partial charge in [0.05, 0.1) is 11.0 Å².